The van der Waals surface area contributed by atoms with Gasteiger partial charge in [-0.2, -0.15) is 0 Å². The second-order valence-corrected chi connectivity index (χ2v) is 5.02. The van der Waals surface area contributed by atoms with Crippen molar-refractivity contribution in [2.45, 2.75) is 19.9 Å². The Balaban J connectivity index is 2.32. The molecule has 0 bridgehead atoms. The third kappa shape index (κ3) is 3.56. The van der Waals surface area contributed by atoms with Gasteiger partial charge in [0.05, 0.1) is 5.02 Å². The minimum atomic E-state index is -0.431. The summed E-state index contributed by atoms with van der Waals surface area (Å²) in [6, 6.07) is 8.87. The summed E-state index contributed by atoms with van der Waals surface area (Å²) in [6.45, 7) is 3.66. The predicted molar refractivity (Wildman–Crippen MR) is 78.8 cm³/mol. The first-order valence-electron chi connectivity index (χ1n) is 6.56. The quantitative estimate of drug-likeness (QED) is 0.782. The largest absolute Gasteiger partial charge is 0.313 e. The van der Waals surface area contributed by atoms with Gasteiger partial charge in [0, 0.05) is 17.7 Å². The van der Waals surface area contributed by atoms with Gasteiger partial charge in [0.1, 0.15) is 11.6 Å². The molecule has 0 aromatic heterocycles. The lowest BCUT2D eigenvalue weighted by atomic mass is 10.0. The van der Waals surface area contributed by atoms with Crippen molar-refractivity contribution in [3.05, 3.63) is 58.6 Å². The van der Waals surface area contributed by atoms with Crippen LogP contribution in [0.15, 0.2) is 36.4 Å². The van der Waals surface area contributed by atoms with Gasteiger partial charge in [-0.25, -0.2) is 8.78 Å². The Bertz CT molecular complexity index is 599. The molecule has 0 aliphatic rings. The maximum absolute atomic E-state index is 14.0. The van der Waals surface area contributed by atoms with Crippen LogP contribution in [0, 0.1) is 11.6 Å². The molecule has 0 fully saturated rings. The molecule has 0 radical (unpaired) electrons. The Morgan fingerprint density at radius 2 is 1.85 bits per heavy atom. The van der Waals surface area contributed by atoms with Gasteiger partial charge in [0.15, 0.2) is 0 Å². The molecule has 1 nitrogen and oxygen atoms in total. The molecule has 20 heavy (non-hydrogen) atoms. The van der Waals surface area contributed by atoms with Gasteiger partial charge in [0.25, 0.3) is 0 Å². The summed E-state index contributed by atoms with van der Waals surface area (Å²) < 4.78 is 27.0. The highest BCUT2D eigenvalue weighted by Gasteiger charge is 2.10. The molecule has 0 aliphatic carbocycles. The third-order valence-electron chi connectivity index (χ3n) is 3.01. The molecule has 2 rings (SSSR count). The van der Waals surface area contributed by atoms with Crippen LogP contribution in [0.5, 0.6) is 0 Å². The van der Waals surface area contributed by atoms with Crippen LogP contribution in [0.1, 0.15) is 18.9 Å². The Hall–Kier alpha value is -1.45. The number of nitrogens with one attached hydrogen (secondary N) is 1. The zero-order chi connectivity index (χ0) is 14.5. The molecular formula is C16H16ClF2N. The molecule has 0 heterocycles. The molecule has 0 amide bonds. The van der Waals surface area contributed by atoms with Crippen molar-refractivity contribution >= 4 is 11.6 Å². The normalized spacial score (nSPS) is 10.8. The van der Waals surface area contributed by atoms with Crippen LogP contribution >= 0.6 is 11.6 Å². The van der Waals surface area contributed by atoms with Gasteiger partial charge < -0.3 is 5.32 Å². The van der Waals surface area contributed by atoms with E-state index in [4.69, 9.17) is 11.6 Å². The van der Waals surface area contributed by atoms with E-state index in [1.54, 1.807) is 12.1 Å². The van der Waals surface area contributed by atoms with E-state index in [-0.39, 0.29) is 10.8 Å². The molecule has 0 aliphatic heterocycles. The lowest BCUT2D eigenvalue weighted by molar-refractivity contribution is 0.624. The van der Waals surface area contributed by atoms with Gasteiger partial charge in [-0.1, -0.05) is 24.6 Å². The summed E-state index contributed by atoms with van der Waals surface area (Å²) >= 11 is 5.99. The van der Waals surface area contributed by atoms with Crippen molar-refractivity contribution in [3.63, 3.8) is 0 Å². The van der Waals surface area contributed by atoms with Gasteiger partial charge in [-0.05, 0) is 48.9 Å². The molecule has 1 N–H and O–H groups in total. The summed E-state index contributed by atoms with van der Waals surface area (Å²) in [4.78, 5) is 0. The summed E-state index contributed by atoms with van der Waals surface area (Å²) in [5.41, 5.74) is 1.86. The molecule has 2 aromatic carbocycles. The Morgan fingerprint density at radius 3 is 2.55 bits per heavy atom. The Morgan fingerprint density at radius 1 is 1.05 bits per heavy atom. The number of hydrogen-bond acceptors (Lipinski definition) is 1. The van der Waals surface area contributed by atoms with Gasteiger partial charge >= 0.3 is 0 Å². The predicted octanol–water partition coefficient (Wildman–Crippen LogP) is 4.78. The zero-order valence-electron chi connectivity index (χ0n) is 11.2. The smallest absolute Gasteiger partial charge is 0.131 e. The fourth-order valence-corrected chi connectivity index (χ4v) is 2.28. The first-order valence-corrected chi connectivity index (χ1v) is 6.94. The monoisotopic (exact) mass is 295 g/mol. The van der Waals surface area contributed by atoms with E-state index in [1.165, 1.54) is 24.3 Å². The fourth-order valence-electron chi connectivity index (χ4n) is 2.01. The fraction of sp³-hybridized carbons (Fsp3) is 0.250. The lowest BCUT2D eigenvalue weighted by Crippen LogP contribution is -2.13. The topological polar surface area (TPSA) is 12.0 Å². The zero-order valence-corrected chi connectivity index (χ0v) is 12.0. The van der Waals surface area contributed by atoms with Crippen molar-refractivity contribution in [2.75, 3.05) is 6.54 Å². The van der Waals surface area contributed by atoms with Gasteiger partial charge in [-0.3, -0.25) is 0 Å². The molecule has 0 saturated carbocycles. The first kappa shape index (κ1) is 14.9. The van der Waals surface area contributed by atoms with Crippen LogP contribution < -0.4 is 5.32 Å². The van der Waals surface area contributed by atoms with Crippen molar-refractivity contribution in [1.29, 1.82) is 0 Å². The molecule has 0 spiro atoms. The maximum Gasteiger partial charge on any atom is 0.131 e. The lowest BCUT2D eigenvalue weighted by Gasteiger charge is -2.09. The summed E-state index contributed by atoms with van der Waals surface area (Å²) in [5, 5.41) is 3.47. The molecule has 2 aromatic rings. The summed E-state index contributed by atoms with van der Waals surface area (Å²) in [5.74, 6) is -0.794. The second kappa shape index (κ2) is 6.82. The second-order valence-electron chi connectivity index (χ2n) is 4.62. The van der Waals surface area contributed by atoms with Gasteiger partial charge in [-0.15, -0.1) is 0 Å². The van der Waals surface area contributed by atoms with Crippen LogP contribution in [0.2, 0.25) is 5.02 Å². The first-order chi connectivity index (χ1) is 9.61. The number of benzene rings is 2. The van der Waals surface area contributed by atoms with Crippen LogP contribution in [0.25, 0.3) is 11.1 Å². The molecule has 0 unspecified atom stereocenters. The number of hydrogen-bond donors (Lipinski definition) is 1. The standard InChI is InChI=1S/C16H16ClF2N/c1-2-7-20-10-11-3-6-16(19)14(8-11)13-5-4-12(18)9-15(13)17/h3-6,8-9,20H,2,7,10H2,1H3. The van der Waals surface area contributed by atoms with E-state index in [9.17, 15) is 8.78 Å². The van der Waals surface area contributed by atoms with Crippen molar-refractivity contribution in [1.82, 2.24) is 5.32 Å². The van der Waals surface area contributed by atoms with E-state index in [2.05, 4.69) is 12.2 Å². The van der Waals surface area contributed by atoms with Crippen LogP contribution in [0.4, 0.5) is 8.78 Å². The van der Waals surface area contributed by atoms with E-state index >= 15 is 0 Å². The average Bonchev–Trinajstić information content (AvgIpc) is 2.41. The van der Waals surface area contributed by atoms with E-state index in [0.29, 0.717) is 17.7 Å². The van der Waals surface area contributed by atoms with Crippen molar-refractivity contribution in [2.24, 2.45) is 0 Å². The Labute approximate surface area is 122 Å². The Kier molecular flexibility index (Phi) is 5.10. The molecule has 0 atom stereocenters. The molecular weight excluding hydrogens is 280 g/mol. The highest BCUT2D eigenvalue weighted by atomic mass is 35.5. The third-order valence-corrected chi connectivity index (χ3v) is 3.32. The maximum atomic E-state index is 14.0. The van der Waals surface area contributed by atoms with E-state index in [1.807, 2.05) is 0 Å². The van der Waals surface area contributed by atoms with E-state index < -0.39 is 5.82 Å². The number of rotatable bonds is 5. The van der Waals surface area contributed by atoms with Crippen molar-refractivity contribution < 1.29 is 8.78 Å². The summed E-state index contributed by atoms with van der Waals surface area (Å²) in [6.07, 6.45) is 1.04. The average molecular weight is 296 g/mol. The highest BCUT2D eigenvalue weighted by molar-refractivity contribution is 6.33. The minimum absolute atomic E-state index is 0.211. The molecule has 4 heteroatoms. The van der Waals surface area contributed by atoms with Crippen molar-refractivity contribution in [3.8, 4) is 11.1 Å². The van der Waals surface area contributed by atoms with Crippen LogP contribution in [-0.4, -0.2) is 6.54 Å². The highest BCUT2D eigenvalue weighted by Crippen LogP contribution is 2.31. The van der Waals surface area contributed by atoms with E-state index in [0.717, 1.165) is 18.5 Å². The summed E-state index contributed by atoms with van der Waals surface area (Å²) in [7, 11) is 0. The van der Waals surface area contributed by atoms with Gasteiger partial charge in [0.2, 0.25) is 0 Å². The molecule has 106 valence electrons. The van der Waals surface area contributed by atoms with Crippen LogP contribution in [0.3, 0.4) is 0 Å². The SMILES string of the molecule is CCCNCc1ccc(F)c(-c2ccc(F)cc2Cl)c1. The van der Waals surface area contributed by atoms with Crippen LogP contribution in [-0.2, 0) is 6.54 Å². The number of halogens is 3. The molecule has 0 saturated heterocycles. The minimum Gasteiger partial charge on any atom is -0.313 e.